The van der Waals surface area contributed by atoms with Crippen LogP contribution in [0, 0.1) is 0 Å². The highest BCUT2D eigenvalue weighted by atomic mass is 32.1. The zero-order chi connectivity index (χ0) is 34.1. The number of rotatable bonds is 5. The monoisotopic (exact) mass is 670 g/mol. The quantitative estimate of drug-likeness (QED) is 0.181. The van der Waals surface area contributed by atoms with E-state index in [1.165, 1.54) is 70.8 Å². The molecule has 9 aromatic rings. The Morgan fingerprint density at radius 3 is 2.00 bits per heavy atom. The Bertz CT molecular complexity index is 2760. The minimum absolute atomic E-state index is 0.120. The number of hydrogen-bond acceptors (Lipinski definition) is 3. The van der Waals surface area contributed by atoms with E-state index in [1.807, 2.05) is 6.20 Å². The van der Waals surface area contributed by atoms with Crippen LogP contribution < -0.4 is 4.90 Å². The highest BCUT2D eigenvalue weighted by molar-refractivity contribution is 7.26. The predicted octanol–water partition coefficient (Wildman–Crippen LogP) is 13.7. The van der Waals surface area contributed by atoms with Crippen molar-refractivity contribution in [2.45, 2.75) is 19.3 Å². The molecule has 0 aliphatic heterocycles. The minimum atomic E-state index is -0.120. The standard InChI is InChI=1S/C48H34N2S/c1-48(2)41-20-12-11-19-37(41)40-30-44(39(29-42(40)48)33-15-7-4-8-16-33)50(35-24-21-32(22-25-35)31-13-5-3-6-14-31)43-27-28-49-47-45(43)38-26-23-34-17-9-10-18-36(34)46(38)51-47/h3-30H,1-2H3. The number of hydrogen-bond donors (Lipinski definition) is 0. The Morgan fingerprint density at radius 1 is 0.510 bits per heavy atom. The van der Waals surface area contributed by atoms with Crippen molar-refractivity contribution < 1.29 is 0 Å². The number of aromatic nitrogens is 1. The fourth-order valence-corrected chi connectivity index (χ4v) is 9.41. The van der Waals surface area contributed by atoms with Gasteiger partial charge in [0.25, 0.3) is 0 Å². The van der Waals surface area contributed by atoms with E-state index < -0.39 is 0 Å². The summed E-state index contributed by atoms with van der Waals surface area (Å²) in [5.74, 6) is 0. The molecule has 0 saturated heterocycles. The molecule has 7 aromatic carbocycles. The van der Waals surface area contributed by atoms with Gasteiger partial charge in [-0.1, -0.05) is 147 Å². The van der Waals surface area contributed by atoms with Crippen molar-refractivity contribution in [1.82, 2.24) is 4.98 Å². The Kier molecular flexibility index (Phi) is 6.74. The molecular formula is C48H34N2S. The van der Waals surface area contributed by atoms with Crippen LogP contribution in [0.2, 0.25) is 0 Å². The molecule has 0 saturated carbocycles. The van der Waals surface area contributed by atoms with Gasteiger partial charge in [0.05, 0.1) is 11.4 Å². The van der Waals surface area contributed by atoms with Crippen LogP contribution in [-0.2, 0) is 5.41 Å². The molecule has 0 fully saturated rings. The maximum absolute atomic E-state index is 4.99. The van der Waals surface area contributed by atoms with Crippen molar-refractivity contribution in [2.24, 2.45) is 0 Å². The van der Waals surface area contributed by atoms with Gasteiger partial charge in [0.2, 0.25) is 0 Å². The highest BCUT2D eigenvalue weighted by Crippen LogP contribution is 2.54. The summed E-state index contributed by atoms with van der Waals surface area (Å²) in [7, 11) is 0. The number of nitrogens with zero attached hydrogens (tertiary/aromatic N) is 2. The van der Waals surface area contributed by atoms with E-state index in [0.29, 0.717) is 0 Å². The molecule has 10 rings (SSSR count). The smallest absolute Gasteiger partial charge is 0.126 e. The van der Waals surface area contributed by atoms with Crippen LogP contribution in [0.5, 0.6) is 0 Å². The van der Waals surface area contributed by atoms with Crippen LogP contribution in [-0.4, -0.2) is 4.98 Å². The average Bonchev–Trinajstić information content (AvgIpc) is 3.68. The Balaban J connectivity index is 1.30. The number of benzene rings is 7. The highest BCUT2D eigenvalue weighted by Gasteiger charge is 2.37. The molecule has 0 spiro atoms. The van der Waals surface area contributed by atoms with Gasteiger partial charge in [-0.25, -0.2) is 4.98 Å². The molecular weight excluding hydrogens is 637 g/mol. The maximum atomic E-state index is 4.99. The lowest BCUT2D eigenvalue weighted by Gasteiger charge is -2.30. The van der Waals surface area contributed by atoms with Crippen LogP contribution in [0.3, 0.4) is 0 Å². The molecule has 0 N–H and O–H groups in total. The summed E-state index contributed by atoms with van der Waals surface area (Å²) in [6.45, 7) is 4.72. The van der Waals surface area contributed by atoms with Crippen LogP contribution in [0.15, 0.2) is 170 Å². The van der Waals surface area contributed by atoms with Gasteiger partial charge in [-0.2, -0.15) is 0 Å². The number of anilines is 3. The van der Waals surface area contributed by atoms with Gasteiger partial charge in [0.15, 0.2) is 0 Å². The number of thiophene rings is 1. The summed E-state index contributed by atoms with van der Waals surface area (Å²) in [6, 6.07) is 59.8. The molecule has 242 valence electrons. The van der Waals surface area contributed by atoms with E-state index >= 15 is 0 Å². The lowest BCUT2D eigenvalue weighted by atomic mass is 9.81. The van der Waals surface area contributed by atoms with E-state index in [0.717, 1.165) is 21.9 Å². The van der Waals surface area contributed by atoms with Gasteiger partial charge in [0.1, 0.15) is 4.83 Å². The second-order valence-electron chi connectivity index (χ2n) is 14.0. The van der Waals surface area contributed by atoms with Gasteiger partial charge >= 0.3 is 0 Å². The summed E-state index contributed by atoms with van der Waals surface area (Å²) in [4.78, 5) is 8.51. The summed E-state index contributed by atoms with van der Waals surface area (Å²) in [6.07, 6.45) is 1.98. The van der Waals surface area contributed by atoms with Crippen LogP contribution >= 0.6 is 11.3 Å². The molecule has 2 nitrogen and oxygen atoms in total. The summed E-state index contributed by atoms with van der Waals surface area (Å²) >= 11 is 1.79. The molecule has 0 bridgehead atoms. The number of fused-ring (bicyclic) bond motifs is 8. The van der Waals surface area contributed by atoms with Gasteiger partial charge in [-0.15, -0.1) is 11.3 Å². The minimum Gasteiger partial charge on any atom is -0.309 e. The largest absolute Gasteiger partial charge is 0.309 e. The molecule has 0 unspecified atom stereocenters. The Hall–Kier alpha value is -6.03. The molecule has 3 heteroatoms. The molecule has 0 radical (unpaired) electrons. The Labute approximate surface area is 301 Å². The van der Waals surface area contributed by atoms with E-state index in [2.05, 4.69) is 183 Å². The lowest BCUT2D eigenvalue weighted by Crippen LogP contribution is -2.16. The van der Waals surface area contributed by atoms with Gasteiger partial charge < -0.3 is 4.90 Å². The van der Waals surface area contributed by atoms with Crippen LogP contribution in [0.25, 0.3) is 64.5 Å². The lowest BCUT2D eigenvalue weighted by molar-refractivity contribution is 0.660. The molecule has 2 heterocycles. The summed E-state index contributed by atoms with van der Waals surface area (Å²) < 4.78 is 1.27. The van der Waals surface area contributed by atoms with Crippen molar-refractivity contribution in [2.75, 3.05) is 4.90 Å². The summed E-state index contributed by atoms with van der Waals surface area (Å²) in [5.41, 5.74) is 13.4. The first-order valence-corrected chi connectivity index (χ1v) is 18.4. The first-order chi connectivity index (χ1) is 25.1. The maximum Gasteiger partial charge on any atom is 0.126 e. The van der Waals surface area contributed by atoms with Crippen molar-refractivity contribution in [3.63, 3.8) is 0 Å². The normalized spacial score (nSPS) is 13.1. The Morgan fingerprint density at radius 2 is 1.20 bits per heavy atom. The summed E-state index contributed by atoms with van der Waals surface area (Å²) in [5, 5.41) is 4.93. The third kappa shape index (κ3) is 4.66. The second kappa shape index (κ2) is 11.5. The van der Waals surface area contributed by atoms with Crippen LogP contribution in [0.1, 0.15) is 25.0 Å². The second-order valence-corrected chi connectivity index (χ2v) is 15.0. The fraction of sp³-hybridized carbons (Fsp3) is 0.0625. The van der Waals surface area contributed by atoms with Gasteiger partial charge in [-0.05, 0) is 80.0 Å². The SMILES string of the molecule is CC1(C)c2ccccc2-c2cc(N(c3ccc(-c4ccccc4)cc3)c3ccnc4sc5c6ccccc6ccc5c34)c(-c3ccccc3)cc21. The predicted molar refractivity (Wildman–Crippen MR) is 218 cm³/mol. The third-order valence-electron chi connectivity index (χ3n) is 10.7. The average molecular weight is 671 g/mol. The zero-order valence-corrected chi connectivity index (χ0v) is 29.3. The first-order valence-electron chi connectivity index (χ1n) is 17.5. The van der Waals surface area contributed by atoms with E-state index in [1.54, 1.807) is 11.3 Å². The topological polar surface area (TPSA) is 16.1 Å². The van der Waals surface area contributed by atoms with E-state index in [-0.39, 0.29) is 5.41 Å². The molecule has 0 amide bonds. The molecule has 0 atom stereocenters. The van der Waals surface area contributed by atoms with E-state index in [9.17, 15) is 0 Å². The number of pyridine rings is 1. The molecule has 51 heavy (non-hydrogen) atoms. The van der Waals surface area contributed by atoms with Crippen molar-refractivity contribution in [3.8, 4) is 33.4 Å². The fourth-order valence-electron chi connectivity index (χ4n) is 8.21. The van der Waals surface area contributed by atoms with Gasteiger partial charge in [0, 0.05) is 38.3 Å². The van der Waals surface area contributed by atoms with Crippen LogP contribution in [0.4, 0.5) is 17.1 Å². The van der Waals surface area contributed by atoms with Crippen molar-refractivity contribution in [1.29, 1.82) is 0 Å². The molecule has 1 aliphatic carbocycles. The molecule has 2 aromatic heterocycles. The zero-order valence-electron chi connectivity index (χ0n) is 28.5. The van der Waals surface area contributed by atoms with Crippen molar-refractivity contribution in [3.05, 3.63) is 181 Å². The molecule has 1 aliphatic rings. The third-order valence-corrected chi connectivity index (χ3v) is 11.9. The van der Waals surface area contributed by atoms with Crippen molar-refractivity contribution >= 4 is 59.5 Å². The van der Waals surface area contributed by atoms with Gasteiger partial charge in [-0.3, -0.25) is 0 Å². The van der Waals surface area contributed by atoms with E-state index in [4.69, 9.17) is 4.98 Å². The first kappa shape index (κ1) is 29.8.